The molecule has 2 aromatic carbocycles. The van der Waals surface area contributed by atoms with Gasteiger partial charge in [-0.2, -0.15) is 0 Å². The third kappa shape index (κ3) is 9.25. The normalized spacial score (nSPS) is 18.3. The molecule has 10 nitrogen and oxygen atoms in total. The standard InChI is InChI=1S/C39H52N2O8/c1-4-41(22-33(43)37(46)38(47)34(44)23-42)36(45)11-7-8-25(2)27-13-12-26(3)28(20-27)24-48-39(17-18-39)32-21-40-19-16-30(32)31-9-5-6-10-35(31)49-29-14-15-29/h5-6,9-10,12-13,16,19-21,25,29,33-34,37-38,42-44,46-47H,4,7-8,11,14-15,17-18,22-24H2,1-3H3/t25?,33-,34+,37+,38+/m0/s1. The van der Waals surface area contributed by atoms with Gasteiger partial charge in [0.25, 0.3) is 0 Å². The number of aliphatic hydroxyl groups excluding tert-OH is 5. The summed E-state index contributed by atoms with van der Waals surface area (Å²) >= 11 is 0. The van der Waals surface area contributed by atoms with Crippen LogP contribution in [0.1, 0.15) is 87.0 Å². The number of carbonyl (C=O) groups excluding carboxylic acids is 1. The van der Waals surface area contributed by atoms with Crippen LogP contribution < -0.4 is 4.74 Å². The third-order valence-electron chi connectivity index (χ3n) is 9.95. The predicted octanol–water partition coefficient (Wildman–Crippen LogP) is 4.36. The molecule has 2 fully saturated rings. The number of rotatable bonds is 19. The quantitative estimate of drug-likeness (QED) is 0.125. The van der Waals surface area contributed by atoms with Crippen molar-refractivity contribution in [2.75, 3.05) is 19.7 Å². The number of aromatic nitrogens is 1. The molecule has 5 rings (SSSR count). The summed E-state index contributed by atoms with van der Waals surface area (Å²) in [5.74, 6) is 0.941. The summed E-state index contributed by atoms with van der Waals surface area (Å²) in [6.07, 6.45) is 3.33. The average molecular weight is 677 g/mol. The summed E-state index contributed by atoms with van der Waals surface area (Å²) in [7, 11) is 0. The molecule has 1 amide bonds. The van der Waals surface area contributed by atoms with Crippen molar-refractivity contribution in [3.63, 3.8) is 0 Å². The number of nitrogens with zero attached hydrogens (tertiary/aromatic N) is 2. The lowest BCUT2D eigenvalue weighted by molar-refractivity contribution is -0.139. The summed E-state index contributed by atoms with van der Waals surface area (Å²) in [5, 5.41) is 49.0. The summed E-state index contributed by atoms with van der Waals surface area (Å²) < 4.78 is 13.0. The number of hydrogen-bond acceptors (Lipinski definition) is 9. The van der Waals surface area contributed by atoms with Crippen molar-refractivity contribution in [3.05, 3.63) is 83.2 Å². The second-order valence-corrected chi connectivity index (χ2v) is 13.7. The molecule has 0 saturated heterocycles. The highest BCUT2D eigenvalue weighted by molar-refractivity contribution is 5.76. The lowest BCUT2D eigenvalue weighted by Gasteiger charge is -2.30. The topological polar surface area (TPSA) is 153 Å². The minimum atomic E-state index is -1.73. The van der Waals surface area contributed by atoms with Crippen LogP contribution >= 0.6 is 0 Å². The van der Waals surface area contributed by atoms with Crippen LogP contribution in [0.25, 0.3) is 11.1 Å². The average Bonchev–Trinajstić information content (AvgIpc) is 4.07. The summed E-state index contributed by atoms with van der Waals surface area (Å²) in [6.45, 7) is 5.87. The maximum Gasteiger partial charge on any atom is 0.222 e. The Labute approximate surface area is 289 Å². The summed E-state index contributed by atoms with van der Waals surface area (Å²) in [6, 6.07) is 16.8. The largest absolute Gasteiger partial charge is 0.490 e. The van der Waals surface area contributed by atoms with Crippen molar-refractivity contribution >= 4 is 5.91 Å². The van der Waals surface area contributed by atoms with Crippen molar-refractivity contribution in [2.45, 2.75) is 114 Å². The van der Waals surface area contributed by atoms with Gasteiger partial charge in [-0.25, -0.2) is 0 Å². The van der Waals surface area contributed by atoms with Gasteiger partial charge in [-0.3, -0.25) is 9.78 Å². The molecule has 1 unspecified atom stereocenters. The molecule has 1 aromatic heterocycles. The molecule has 3 aromatic rings. The molecular weight excluding hydrogens is 624 g/mol. The van der Waals surface area contributed by atoms with Crippen LogP contribution in [0.2, 0.25) is 0 Å². The first-order chi connectivity index (χ1) is 23.6. The Balaban J connectivity index is 1.17. The van der Waals surface area contributed by atoms with Gasteiger partial charge in [0.1, 0.15) is 30.2 Å². The van der Waals surface area contributed by atoms with Gasteiger partial charge in [0, 0.05) is 43.0 Å². The molecule has 0 bridgehead atoms. The molecule has 0 spiro atoms. The van der Waals surface area contributed by atoms with Crippen LogP contribution in [0.4, 0.5) is 0 Å². The number of carbonyl (C=O) groups is 1. The molecule has 0 aliphatic heterocycles. The molecule has 49 heavy (non-hydrogen) atoms. The van der Waals surface area contributed by atoms with E-state index < -0.39 is 36.6 Å². The lowest BCUT2D eigenvalue weighted by Crippen LogP contribution is -2.50. The van der Waals surface area contributed by atoms with Crippen LogP contribution in [0.3, 0.4) is 0 Å². The molecule has 2 saturated carbocycles. The first kappa shape index (κ1) is 36.9. The van der Waals surface area contributed by atoms with Crippen molar-refractivity contribution in [2.24, 2.45) is 0 Å². The monoisotopic (exact) mass is 676 g/mol. The summed E-state index contributed by atoms with van der Waals surface area (Å²) in [4.78, 5) is 18.9. The van der Waals surface area contributed by atoms with Crippen molar-refractivity contribution in [1.29, 1.82) is 0 Å². The lowest BCUT2D eigenvalue weighted by atomic mass is 9.92. The zero-order valence-corrected chi connectivity index (χ0v) is 28.9. The maximum absolute atomic E-state index is 12.9. The Morgan fingerprint density at radius 2 is 1.76 bits per heavy atom. The molecule has 2 aliphatic carbocycles. The van der Waals surface area contributed by atoms with E-state index in [9.17, 15) is 25.2 Å². The number of aryl methyl sites for hydroxylation is 1. The highest BCUT2D eigenvalue weighted by Gasteiger charge is 2.48. The maximum atomic E-state index is 12.9. The van der Waals surface area contributed by atoms with Gasteiger partial charge < -0.3 is 39.9 Å². The molecular formula is C39H52N2O8. The van der Waals surface area contributed by atoms with E-state index in [0.717, 1.165) is 65.7 Å². The fourth-order valence-corrected chi connectivity index (χ4v) is 6.31. The first-order valence-corrected chi connectivity index (χ1v) is 17.6. The molecule has 2 aliphatic rings. The predicted molar refractivity (Wildman–Crippen MR) is 186 cm³/mol. The van der Waals surface area contributed by atoms with Gasteiger partial charge in [-0.1, -0.05) is 43.3 Å². The minimum Gasteiger partial charge on any atom is -0.490 e. The molecule has 266 valence electrons. The Kier molecular flexibility index (Phi) is 12.5. The van der Waals surface area contributed by atoms with E-state index in [2.05, 4.69) is 49.2 Å². The van der Waals surface area contributed by atoms with Crippen LogP contribution in [0.15, 0.2) is 60.9 Å². The van der Waals surface area contributed by atoms with Gasteiger partial charge in [0.2, 0.25) is 5.91 Å². The zero-order valence-electron chi connectivity index (χ0n) is 28.9. The smallest absolute Gasteiger partial charge is 0.222 e. The summed E-state index contributed by atoms with van der Waals surface area (Å²) in [5.41, 5.74) is 6.34. The van der Waals surface area contributed by atoms with E-state index in [0.29, 0.717) is 25.7 Å². The first-order valence-electron chi connectivity index (χ1n) is 17.6. The zero-order chi connectivity index (χ0) is 35.1. The van der Waals surface area contributed by atoms with Gasteiger partial charge >= 0.3 is 0 Å². The second-order valence-electron chi connectivity index (χ2n) is 13.7. The van der Waals surface area contributed by atoms with E-state index in [4.69, 9.17) is 14.6 Å². The Morgan fingerprint density at radius 1 is 1.02 bits per heavy atom. The molecule has 5 N–H and O–H groups in total. The molecule has 10 heteroatoms. The van der Waals surface area contributed by atoms with E-state index in [1.807, 2.05) is 30.6 Å². The number of para-hydroxylation sites is 1. The van der Waals surface area contributed by atoms with Gasteiger partial charge in [-0.05, 0) is 92.7 Å². The van der Waals surface area contributed by atoms with Crippen LogP contribution in [-0.4, -0.2) is 91.5 Å². The number of hydrogen-bond donors (Lipinski definition) is 5. The number of ether oxygens (including phenoxy) is 2. The number of amides is 1. The highest BCUT2D eigenvalue weighted by Crippen LogP contribution is 2.53. The van der Waals surface area contributed by atoms with Crippen molar-refractivity contribution < 1.29 is 39.8 Å². The third-order valence-corrected chi connectivity index (χ3v) is 9.95. The number of aliphatic hydroxyl groups is 5. The van der Waals surface area contributed by atoms with Crippen LogP contribution in [0.5, 0.6) is 5.75 Å². The fourth-order valence-electron chi connectivity index (χ4n) is 6.31. The number of pyridine rings is 1. The Hall–Kier alpha value is -3.38. The number of benzene rings is 2. The van der Waals surface area contributed by atoms with Gasteiger partial charge in [-0.15, -0.1) is 0 Å². The minimum absolute atomic E-state index is 0.164. The van der Waals surface area contributed by atoms with Crippen LogP contribution in [0, 0.1) is 6.92 Å². The van der Waals surface area contributed by atoms with Crippen molar-refractivity contribution in [3.8, 4) is 16.9 Å². The SMILES string of the molecule is CCN(C[C@H](O)[C@@H](O)[C@H](O)[C@H](O)CO)C(=O)CCCC(C)c1ccc(C)c(COC2(c3cnccc3-c3ccccc3OC3CC3)CC2)c1. The van der Waals surface area contributed by atoms with Crippen LogP contribution in [-0.2, 0) is 21.7 Å². The highest BCUT2D eigenvalue weighted by atomic mass is 16.5. The Bertz CT molecular complexity index is 1540. The molecule has 5 atom stereocenters. The fraction of sp³-hybridized carbons (Fsp3) is 0.538. The van der Waals surface area contributed by atoms with E-state index in [1.54, 1.807) is 6.92 Å². The molecule has 1 heterocycles. The molecule has 0 radical (unpaired) electrons. The second kappa shape index (κ2) is 16.6. The van der Waals surface area contributed by atoms with E-state index >= 15 is 0 Å². The van der Waals surface area contributed by atoms with Crippen molar-refractivity contribution in [1.82, 2.24) is 9.88 Å². The number of likely N-dealkylation sites (N-methyl/N-ethyl adjacent to an activating group) is 1. The van der Waals surface area contributed by atoms with Gasteiger partial charge in [0.15, 0.2) is 0 Å². The van der Waals surface area contributed by atoms with E-state index in [1.165, 1.54) is 10.5 Å². The van der Waals surface area contributed by atoms with Gasteiger partial charge in [0.05, 0.1) is 24.9 Å². The Morgan fingerprint density at radius 3 is 2.45 bits per heavy atom. The van der Waals surface area contributed by atoms with E-state index in [-0.39, 0.29) is 24.8 Å².